The van der Waals surface area contributed by atoms with Crippen molar-refractivity contribution < 1.29 is 14.4 Å². The van der Waals surface area contributed by atoms with Gasteiger partial charge < -0.3 is 20.4 Å². The van der Waals surface area contributed by atoms with E-state index in [2.05, 4.69) is 43.9 Å². The molecular weight excluding hydrogens is 594 g/mol. The molecule has 3 atom stereocenters. The van der Waals surface area contributed by atoms with Crippen LogP contribution >= 0.6 is 11.6 Å². The second-order valence-electron chi connectivity index (χ2n) is 12.1. The van der Waals surface area contributed by atoms with Crippen LogP contribution in [0.1, 0.15) is 49.8 Å². The predicted octanol–water partition coefficient (Wildman–Crippen LogP) is 4.27. The Kier molecular flexibility index (Phi) is 7.31. The minimum absolute atomic E-state index is 0.0767. The zero-order valence-electron chi connectivity index (χ0n) is 25.3. The monoisotopic (exact) mass is 627 g/mol. The van der Waals surface area contributed by atoms with E-state index in [1.807, 2.05) is 37.4 Å². The quantitative estimate of drug-likeness (QED) is 0.268. The fourth-order valence-electron chi connectivity index (χ4n) is 6.69. The minimum Gasteiger partial charge on any atom is -0.382 e. The second-order valence-corrected chi connectivity index (χ2v) is 12.5. The van der Waals surface area contributed by atoms with Crippen molar-refractivity contribution in [3.05, 3.63) is 58.9 Å². The van der Waals surface area contributed by atoms with Crippen LogP contribution in [0.25, 0.3) is 10.9 Å². The van der Waals surface area contributed by atoms with Crippen LogP contribution in [0.15, 0.2) is 42.6 Å². The molecule has 4 aromatic rings. The molecule has 0 spiro atoms. The maximum absolute atomic E-state index is 12.5. The minimum atomic E-state index is -0.428. The molecule has 5 heterocycles. The number of carbonyl (C=O) groups excluding carboxylic acids is 3. The number of fused-ring (bicyclic) bond motifs is 2. The Morgan fingerprint density at radius 1 is 1.04 bits per heavy atom. The first-order chi connectivity index (χ1) is 21.6. The molecule has 3 aliphatic heterocycles. The van der Waals surface area contributed by atoms with E-state index in [4.69, 9.17) is 16.6 Å². The molecule has 2 saturated heterocycles. The zero-order valence-corrected chi connectivity index (χ0v) is 26.1. The summed E-state index contributed by atoms with van der Waals surface area (Å²) in [6.45, 7) is 2.93. The zero-order chi connectivity index (χ0) is 31.4. The molecule has 13 heteroatoms. The van der Waals surface area contributed by atoms with Gasteiger partial charge in [-0.3, -0.25) is 24.4 Å². The number of halogens is 1. The Hall–Kier alpha value is -4.71. The molecule has 3 aliphatic rings. The number of imide groups is 1. The van der Waals surface area contributed by atoms with Gasteiger partial charge in [0.25, 0.3) is 0 Å². The summed E-state index contributed by atoms with van der Waals surface area (Å²) in [6, 6.07) is 12.3. The highest BCUT2D eigenvalue weighted by Crippen LogP contribution is 2.34. The second kappa shape index (κ2) is 11.3. The number of hydrogen-bond acceptors (Lipinski definition) is 9. The van der Waals surface area contributed by atoms with Gasteiger partial charge in [0, 0.05) is 61.6 Å². The van der Waals surface area contributed by atoms with E-state index >= 15 is 0 Å². The molecular formula is C32H34ClN9O3. The van der Waals surface area contributed by atoms with Gasteiger partial charge in [-0.1, -0.05) is 11.6 Å². The van der Waals surface area contributed by atoms with E-state index in [1.165, 1.54) is 0 Å². The molecule has 0 aliphatic carbocycles. The van der Waals surface area contributed by atoms with Crippen LogP contribution < -0.4 is 25.8 Å². The first kappa shape index (κ1) is 29.0. The lowest BCUT2D eigenvalue weighted by Crippen LogP contribution is -2.45. The van der Waals surface area contributed by atoms with E-state index in [0.29, 0.717) is 41.7 Å². The Bertz CT molecular complexity index is 1860. The lowest BCUT2D eigenvalue weighted by molar-refractivity contribution is -0.134. The van der Waals surface area contributed by atoms with Crippen LogP contribution in [0.4, 0.5) is 28.8 Å². The molecule has 12 nitrogen and oxygen atoms in total. The lowest BCUT2D eigenvalue weighted by atomic mass is 9.92. The van der Waals surface area contributed by atoms with Crippen LogP contribution in [0.3, 0.4) is 0 Å². The number of aromatic nitrogens is 4. The van der Waals surface area contributed by atoms with Crippen LogP contribution in [-0.2, 0) is 27.9 Å². The lowest BCUT2D eigenvalue weighted by Gasteiger charge is -2.38. The van der Waals surface area contributed by atoms with E-state index in [-0.39, 0.29) is 29.8 Å². The highest BCUT2D eigenvalue weighted by Gasteiger charge is 2.32. The number of hydrogen-bond donors (Lipinski definition) is 3. The summed E-state index contributed by atoms with van der Waals surface area (Å²) < 4.78 is 1.80. The van der Waals surface area contributed by atoms with Gasteiger partial charge >= 0.3 is 0 Å². The first-order valence-electron chi connectivity index (χ1n) is 15.2. The maximum atomic E-state index is 12.5. The van der Waals surface area contributed by atoms with Crippen molar-refractivity contribution in [2.24, 2.45) is 7.05 Å². The van der Waals surface area contributed by atoms with Gasteiger partial charge in [0.05, 0.1) is 29.7 Å². The maximum Gasteiger partial charge on any atom is 0.235 e. The van der Waals surface area contributed by atoms with Crippen LogP contribution in [0.2, 0.25) is 5.02 Å². The number of piperidine rings is 2. The van der Waals surface area contributed by atoms with Crippen molar-refractivity contribution >= 4 is 69.1 Å². The first-order valence-corrected chi connectivity index (χ1v) is 15.5. The summed E-state index contributed by atoms with van der Waals surface area (Å²) in [5.41, 5.74) is 5.33. The molecule has 0 saturated carbocycles. The van der Waals surface area contributed by atoms with Crippen molar-refractivity contribution in [3.8, 4) is 0 Å². The van der Waals surface area contributed by atoms with Gasteiger partial charge in [-0.05, 0) is 68.1 Å². The smallest absolute Gasteiger partial charge is 0.235 e. The van der Waals surface area contributed by atoms with E-state index in [0.717, 1.165) is 52.9 Å². The predicted molar refractivity (Wildman–Crippen MR) is 173 cm³/mol. The third-order valence-corrected chi connectivity index (χ3v) is 9.38. The number of nitrogens with zero attached hydrogens (tertiary/aromatic N) is 6. The molecule has 232 valence electrons. The van der Waals surface area contributed by atoms with Gasteiger partial charge in [0.1, 0.15) is 5.02 Å². The van der Waals surface area contributed by atoms with Crippen molar-refractivity contribution in [2.45, 2.75) is 57.0 Å². The molecule has 0 bridgehead atoms. The standard InChI is InChI=1S/C32H34ClN9O3/c1-17-12-21(35-20-4-6-22-26(15-20)41(3)39-29(22)23-7-9-27(43)37-31(23)45)10-11-42(17)32-34-16-24(33)30(38-32)36-19-5-8-25-18(13-19)14-28(44)40(25)2/h4-6,8,13,15-17,21,23,35H,7,9-12,14H2,1-3H3,(H,34,36,38)(H,37,43,45)/t17-,21+,23-/m0/s1. The number of anilines is 5. The SMILES string of the molecule is C[C@H]1C[C@H](Nc2ccc3c([C@@H]4CCC(=O)NC4=O)nn(C)c3c2)CCN1c1ncc(Cl)c(Nc2ccc3c(c2)CC(=O)N3C)n1. The van der Waals surface area contributed by atoms with Crippen molar-refractivity contribution in [2.75, 3.05) is 34.0 Å². The number of likely N-dealkylation sites (N-methyl/N-ethyl adjacent to an activating group) is 1. The Labute approximate surface area is 265 Å². The van der Waals surface area contributed by atoms with Gasteiger partial charge in [0.2, 0.25) is 23.7 Å². The normalized spacial score (nSPS) is 21.7. The molecule has 0 unspecified atom stereocenters. The van der Waals surface area contributed by atoms with Crippen molar-refractivity contribution in [1.82, 2.24) is 25.1 Å². The van der Waals surface area contributed by atoms with Crippen molar-refractivity contribution in [3.63, 3.8) is 0 Å². The van der Waals surface area contributed by atoms with Crippen LogP contribution in [-0.4, -0.2) is 63.1 Å². The topological polar surface area (TPSA) is 137 Å². The average Bonchev–Trinajstić information content (AvgIpc) is 3.48. The van der Waals surface area contributed by atoms with Gasteiger partial charge in [-0.25, -0.2) is 4.98 Å². The van der Waals surface area contributed by atoms with Crippen molar-refractivity contribution in [1.29, 1.82) is 0 Å². The van der Waals surface area contributed by atoms with Crippen LogP contribution in [0, 0.1) is 0 Å². The Morgan fingerprint density at radius 2 is 1.87 bits per heavy atom. The fraction of sp³-hybridized carbons (Fsp3) is 0.375. The Morgan fingerprint density at radius 3 is 2.67 bits per heavy atom. The molecule has 0 radical (unpaired) electrons. The molecule has 2 aromatic heterocycles. The summed E-state index contributed by atoms with van der Waals surface area (Å²) in [5, 5.41) is 15.5. The molecule has 3 amide bonds. The Balaban J connectivity index is 1.02. The molecule has 3 N–H and O–H groups in total. The summed E-state index contributed by atoms with van der Waals surface area (Å²) in [4.78, 5) is 49.4. The molecule has 45 heavy (non-hydrogen) atoms. The molecule has 7 rings (SSSR count). The summed E-state index contributed by atoms with van der Waals surface area (Å²) >= 11 is 6.49. The number of carbonyl (C=O) groups is 3. The molecule has 2 aromatic carbocycles. The average molecular weight is 628 g/mol. The number of nitrogens with one attached hydrogen (secondary N) is 3. The van der Waals surface area contributed by atoms with Gasteiger partial charge in [-0.15, -0.1) is 0 Å². The number of benzene rings is 2. The largest absolute Gasteiger partial charge is 0.382 e. The number of rotatable bonds is 6. The highest BCUT2D eigenvalue weighted by molar-refractivity contribution is 6.33. The highest BCUT2D eigenvalue weighted by atomic mass is 35.5. The number of amides is 3. The summed E-state index contributed by atoms with van der Waals surface area (Å²) in [7, 11) is 3.66. The number of aryl methyl sites for hydroxylation is 1. The summed E-state index contributed by atoms with van der Waals surface area (Å²) in [6.07, 6.45) is 4.56. The third-order valence-electron chi connectivity index (χ3n) is 9.10. The summed E-state index contributed by atoms with van der Waals surface area (Å²) in [5.74, 6) is 0.269. The third kappa shape index (κ3) is 5.43. The molecule has 2 fully saturated rings. The fourth-order valence-corrected chi connectivity index (χ4v) is 6.83. The van der Waals surface area contributed by atoms with E-state index < -0.39 is 5.92 Å². The van der Waals surface area contributed by atoms with Gasteiger partial charge in [-0.2, -0.15) is 10.1 Å². The van der Waals surface area contributed by atoms with Crippen LogP contribution in [0.5, 0.6) is 0 Å². The van der Waals surface area contributed by atoms with E-state index in [9.17, 15) is 14.4 Å². The van der Waals surface area contributed by atoms with Gasteiger partial charge in [0.15, 0.2) is 5.82 Å². The van der Waals surface area contributed by atoms with E-state index in [1.54, 1.807) is 22.8 Å².